The van der Waals surface area contributed by atoms with Gasteiger partial charge in [-0.15, -0.1) is 0 Å². The van der Waals surface area contributed by atoms with Crippen LogP contribution in [0.5, 0.6) is 0 Å². The van der Waals surface area contributed by atoms with Crippen LogP contribution in [-0.4, -0.2) is 15.0 Å². The molecule has 6 heteroatoms. The number of nitrogens with zero attached hydrogens (tertiary/aromatic N) is 1. The van der Waals surface area contributed by atoms with Gasteiger partial charge in [0, 0.05) is 0 Å². The summed E-state index contributed by atoms with van der Waals surface area (Å²) in [5.41, 5.74) is 0. The predicted octanol–water partition coefficient (Wildman–Crippen LogP) is -3.95. The number of carbonyl (C=O) groups is 1. The van der Waals surface area contributed by atoms with Crippen molar-refractivity contribution in [3.63, 3.8) is 0 Å². The molecule has 0 radical (unpaired) electrons. The zero-order valence-corrected chi connectivity index (χ0v) is 12.2. The second-order valence-corrected chi connectivity index (χ2v) is 5.66. The van der Waals surface area contributed by atoms with Gasteiger partial charge in [-0.2, -0.15) is 0 Å². The Balaban J connectivity index is -0.000000151. The van der Waals surface area contributed by atoms with E-state index >= 15 is 0 Å². The molecule has 0 aromatic heterocycles. The SMILES string of the molecule is C[Si](C)=NC=O.[Cl-].[Cl-].[Ti+2][C]1=CC=CC1. The summed E-state index contributed by atoms with van der Waals surface area (Å²) in [6.07, 6.45) is 8.18. The third-order valence-electron chi connectivity index (χ3n) is 1.08. The molecular weight excluding hydrogens is 273 g/mol. The van der Waals surface area contributed by atoms with E-state index < -0.39 is 8.59 Å². The van der Waals surface area contributed by atoms with Crippen molar-refractivity contribution in [1.82, 2.24) is 0 Å². The molecule has 0 aliphatic heterocycles. The number of amides is 1. The topological polar surface area (TPSA) is 29.4 Å². The Kier molecular flexibility index (Phi) is 19.2. The number of hydrogen-bond donors (Lipinski definition) is 0. The van der Waals surface area contributed by atoms with Crippen molar-refractivity contribution in [3.8, 4) is 0 Å². The van der Waals surface area contributed by atoms with E-state index in [4.69, 9.17) is 0 Å². The van der Waals surface area contributed by atoms with Gasteiger partial charge < -0.3 is 24.8 Å². The summed E-state index contributed by atoms with van der Waals surface area (Å²) < 4.78 is 5.01. The molecular formula is C8H12Cl2NOSiTi. The van der Waals surface area contributed by atoms with E-state index in [0.717, 1.165) is 0 Å². The molecule has 1 aliphatic rings. The van der Waals surface area contributed by atoms with E-state index in [1.165, 1.54) is 10.3 Å². The van der Waals surface area contributed by atoms with Crippen LogP contribution in [0.15, 0.2) is 26.7 Å². The molecule has 0 spiro atoms. The Labute approximate surface area is 111 Å². The molecule has 2 nitrogen and oxygen atoms in total. The fraction of sp³-hybridized carbons (Fsp3) is 0.375. The van der Waals surface area contributed by atoms with Gasteiger partial charge in [-0.1, -0.05) is 0 Å². The van der Waals surface area contributed by atoms with Gasteiger partial charge in [0.15, 0.2) is 0 Å². The van der Waals surface area contributed by atoms with Gasteiger partial charge in [-0.3, -0.25) is 9.43 Å². The summed E-state index contributed by atoms with van der Waals surface area (Å²) in [5.74, 6) is 0. The standard InChI is InChI=1S/C5H5.C3H7NOSi.2ClH.Ti/c1-2-4-5-3-1;1-6(2)4-3-5;;;/h1-3H,4H2;3H,1-2H3;2*1H;/q;;;;+2/p-2. The zero-order valence-electron chi connectivity index (χ0n) is 8.13. The molecule has 1 amide bonds. The van der Waals surface area contributed by atoms with Gasteiger partial charge in [0.25, 0.3) is 0 Å². The molecule has 77 valence electrons. The summed E-state index contributed by atoms with van der Waals surface area (Å²) in [6.45, 7) is 3.91. The van der Waals surface area contributed by atoms with E-state index in [9.17, 15) is 4.79 Å². The molecule has 0 aromatic carbocycles. The van der Waals surface area contributed by atoms with Gasteiger partial charge >= 0.3 is 49.0 Å². The van der Waals surface area contributed by atoms with Crippen LogP contribution in [0.2, 0.25) is 13.1 Å². The van der Waals surface area contributed by atoms with Crippen LogP contribution in [0.1, 0.15) is 6.42 Å². The molecule has 0 saturated heterocycles. The average molecular weight is 285 g/mol. The van der Waals surface area contributed by atoms with Crippen molar-refractivity contribution in [2.45, 2.75) is 19.5 Å². The van der Waals surface area contributed by atoms with Crippen LogP contribution in [0.25, 0.3) is 0 Å². The second-order valence-electron chi connectivity index (χ2n) is 2.51. The zero-order chi connectivity index (χ0) is 9.40. The van der Waals surface area contributed by atoms with Crippen molar-refractivity contribution in [2.24, 2.45) is 4.63 Å². The fourth-order valence-electron chi connectivity index (χ4n) is 0.553. The average Bonchev–Trinajstić information content (AvgIpc) is 2.40. The van der Waals surface area contributed by atoms with Crippen molar-refractivity contribution < 1.29 is 50.0 Å². The van der Waals surface area contributed by atoms with Crippen molar-refractivity contribution in [1.29, 1.82) is 0 Å². The molecule has 0 saturated carbocycles. The first kappa shape index (κ1) is 19.9. The Hall–Kier alpha value is 0.461. The molecule has 14 heavy (non-hydrogen) atoms. The number of carbonyl (C=O) groups excluding carboxylic acids is 1. The molecule has 1 aliphatic carbocycles. The van der Waals surface area contributed by atoms with Crippen molar-refractivity contribution in [3.05, 3.63) is 22.1 Å². The molecule has 0 atom stereocenters. The summed E-state index contributed by atoms with van der Waals surface area (Å²) in [6, 6.07) is 0. The number of halogens is 2. The van der Waals surface area contributed by atoms with Gasteiger partial charge in [0.05, 0.1) is 0 Å². The van der Waals surface area contributed by atoms with E-state index in [1.54, 1.807) is 0 Å². The van der Waals surface area contributed by atoms with E-state index in [1.807, 2.05) is 13.1 Å². The number of allylic oxidation sites excluding steroid dienone is 4. The summed E-state index contributed by atoms with van der Waals surface area (Å²) in [5, 5.41) is 0. The first-order chi connectivity index (χ1) is 5.66. The van der Waals surface area contributed by atoms with Crippen LogP contribution < -0.4 is 24.8 Å². The first-order valence-corrected chi connectivity index (χ1v) is 6.91. The summed E-state index contributed by atoms with van der Waals surface area (Å²) in [7, 11) is -0.629. The van der Waals surface area contributed by atoms with E-state index in [2.05, 4.69) is 43.3 Å². The van der Waals surface area contributed by atoms with Crippen LogP contribution in [0.3, 0.4) is 0 Å². The summed E-state index contributed by atoms with van der Waals surface area (Å²) >= 11 is 2.14. The third kappa shape index (κ3) is 15.0. The molecule has 0 heterocycles. The fourth-order valence-corrected chi connectivity index (χ4v) is 1.10. The number of rotatable bonds is 1. The monoisotopic (exact) mass is 284 g/mol. The Morgan fingerprint density at radius 3 is 2.14 bits per heavy atom. The number of hydrogen-bond acceptors (Lipinski definition) is 1. The second kappa shape index (κ2) is 13.5. The van der Waals surface area contributed by atoms with Crippen LogP contribution in [0.4, 0.5) is 0 Å². The summed E-state index contributed by atoms with van der Waals surface area (Å²) in [4.78, 5) is 9.47. The molecule has 0 N–H and O–H groups in total. The minimum atomic E-state index is -0.629. The predicted molar refractivity (Wildman–Crippen MR) is 47.8 cm³/mol. The van der Waals surface area contributed by atoms with Gasteiger partial charge in [-0.05, 0) is 13.1 Å². The van der Waals surface area contributed by atoms with Crippen LogP contribution in [-0.2, 0) is 25.2 Å². The van der Waals surface area contributed by atoms with Gasteiger partial charge in [-0.25, -0.2) is 0 Å². The molecule has 0 bridgehead atoms. The van der Waals surface area contributed by atoms with Gasteiger partial charge in [0.2, 0.25) is 6.41 Å². The van der Waals surface area contributed by atoms with Crippen LogP contribution in [0, 0.1) is 0 Å². The van der Waals surface area contributed by atoms with Crippen molar-refractivity contribution >= 4 is 15.0 Å². The molecule has 0 fully saturated rings. The quantitative estimate of drug-likeness (QED) is 0.357. The van der Waals surface area contributed by atoms with Crippen LogP contribution >= 0.6 is 0 Å². The van der Waals surface area contributed by atoms with Crippen molar-refractivity contribution in [2.75, 3.05) is 0 Å². The maximum absolute atomic E-state index is 9.47. The molecule has 1 rings (SSSR count). The molecule has 0 unspecified atom stereocenters. The Bertz CT molecular complexity index is 230. The normalized spacial score (nSPS) is 11.0. The maximum atomic E-state index is 9.47. The van der Waals surface area contributed by atoms with Gasteiger partial charge in [0.1, 0.15) is 8.59 Å². The van der Waals surface area contributed by atoms with E-state index in [0.29, 0.717) is 6.41 Å². The molecule has 0 aromatic rings. The van der Waals surface area contributed by atoms with E-state index in [-0.39, 0.29) is 24.8 Å². The minimum absolute atomic E-state index is 0. The Morgan fingerprint density at radius 2 is 2.07 bits per heavy atom. The third-order valence-corrected chi connectivity index (χ3v) is 2.28. The Morgan fingerprint density at radius 1 is 1.50 bits per heavy atom. The first-order valence-electron chi connectivity index (χ1n) is 3.68.